The predicted octanol–water partition coefficient (Wildman–Crippen LogP) is 4.86. The first-order valence-corrected chi connectivity index (χ1v) is 6.75. The van der Waals surface area contributed by atoms with Crippen LogP contribution in [0.3, 0.4) is 0 Å². The lowest BCUT2D eigenvalue weighted by Gasteiger charge is -2.15. The van der Waals surface area contributed by atoms with Crippen LogP contribution in [-0.2, 0) is 0 Å². The molecule has 0 spiro atoms. The number of rotatable bonds is 3. The Morgan fingerprint density at radius 3 is 2.63 bits per heavy atom. The summed E-state index contributed by atoms with van der Waals surface area (Å²) in [6.07, 6.45) is 0. The van der Waals surface area contributed by atoms with E-state index in [0.29, 0.717) is 17.1 Å². The van der Waals surface area contributed by atoms with E-state index in [1.54, 1.807) is 6.07 Å². The molecule has 102 valence electrons. The van der Waals surface area contributed by atoms with Gasteiger partial charge in [-0.3, -0.25) is 4.98 Å². The molecule has 2 nitrogen and oxygen atoms in total. The fourth-order valence-electron chi connectivity index (χ4n) is 2.29. The minimum absolute atomic E-state index is 0.220. The maximum Gasteiger partial charge on any atom is 0.167 e. The number of benzene rings is 1. The monoisotopic (exact) mass is 281 g/mol. The fourth-order valence-corrected chi connectivity index (χ4v) is 2.80. The van der Waals surface area contributed by atoms with Crippen LogP contribution in [0.15, 0.2) is 12.1 Å². The Morgan fingerprint density at radius 1 is 1.37 bits per heavy atom. The maximum atomic E-state index is 13.8. The third-order valence-corrected chi connectivity index (χ3v) is 3.49. The maximum absolute atomic E-state index is 13.8. The number of halogens is 2. The van der Waals surface area contributed by atoms with Crippen molar-refractivity contribution in [3.63, 3.8) is 0 Å². The number of ether oxygens (including phenoxy) is 1. The molecule has 0 aliphatic heterocycles. The van der Waals surface area contributed by atoms with Gasteiger partial charge in [0.2, 0.25) is 0 Å². The van der Waals surface area contributed by atoms with Crippen LogP contribution in [0, 0.1) is 12.7 Å². The van der Waals surface area contributed by atoms with E-state index < -0.39 is 5.82 Å². The van der Waals surface area contributed by atoms with Crippen LogP contribution < -0.4 is 4.74 Å². The molecule has 0 N–H and O–H groups in total. The normalized spacial score (nSPS) is 11.3. The Morgan fingerprint density at radius 2 is 2.05 bits per heavy atom. The first-order chi connectivity index (χ1) is 8.95. The van der Waals surface area contributed by atoms with E-state index in [1.807, 2.05) is 13.8 Å². The van der Waals surface area contributed by atoms with Gasteiger partial charge in [0.15, 0.2) is 11.6 Å². The first kappa shape index (κ1) is 14.1. The molecule has 1 aromatic carbocycles. The van der Waals surface area contributed by atoms with E-state index in [4.69, 9.17) is 16.3 Å². The molecule has 0 fully saturated rings. The zero-order valence-corrected chi connectivity index (χ0v) is 12.3. The van der Waals surface area contributed by atoms with E-state index in [9.17, 15) is 4.39 Å². The van der Waals surface area contributed by atoms with Crippen LogP contribution in [0.4, 0.5) is 4.39 Å². The largest absolute Gasteiger partial charge is 0.491 e. The van der Waals surface area contributed by atoms with Gasteiger partial charge >= 0.3 is 0 Å². The van der Waals surface area contributed by atoms with Crippen LogP contribution in [0.2, 0.25) is 5.02 Å². The van der Waals surface area contributed by atoms with Gasteiger partial charge in [0.25, 0.3) is 0 Å². The third-order valence-electron chi connectivity index (χ3n) is 3.08. The van der Waals surface area contributed by atoms with Crippen LogP contribution in [0.5, 0.6) is 5.75 Å². The molecule has 0 radical (unpaired) electrons. The summed E-state index contributed by atoms with van der Waals surface area (Å²) >= 11 is 6.45. The molecule has 1 heterocycles. The van der Waals surface area contributed by atoms with Crippen LogP contribution in [0.25, 0.3) is 10.9 Å². The highest BCUT2D eigenvalue weighted by atomic mass is 35.5. The second-order valence-corrected chi connectivity index (χ2v) is 5.19. The Bertz CT molecular complexity index is 625. The second-order valence-electron chi connectivity index (χ2n) is 4.81. The predicted molar refractivity (Wildman–Crippen MR) is 76.7 cm³/mol. The van der Waals surface area contributed by atoms with Gasteiger partial charge < -0.3 is 4.74 Å². The summed E-state index contributed by atoms with van der Waals surface area (Å²) in [7, 11) is 0. The molecular formula is C15H17ClFNO. The number of nitrogens with zero attached hydrogens (tertiary/aromatic N) is 1. The van der Waals surface area contributed by atoms with Gasteiger partial charge in [0.05, 0.1) is 17.1 Å². The second kappa shape index (κ2) is 5.33. The van der Waals surface area contributed by atoms with Crippen molar-refractivity contribution in [2.45, 2.75) is 33.6 Å². The summed E-state index contributed by atoms with van der Waals surface area (Å²) in [5, 5.41) is 1.37. The van der Waals surface area contributed by atoms with E-state index in [0.717, 1.165) is 16.6 Å². The highest BCUT2D eigenvalue weighted by molar-refractivity contribution is 6.36. The van der Waals surface area contributed by atoms with Crippen molar-refractivity contribution >= 4 is 22.5 Å². The molecule has 19 heavy (non-hydrogen) atoms. The third kappa shape index (κ3) is 2.52. The standard InChI is InChI=1S/C15H17ClFNO/c1-5-19-13-6-10-12(7-11(13)17)18-9(4)14(8(2)3)15(10)16/h6-8H,5H2,1-4H3. The molecule has 0 aliphatic carbocycles. The van der Waals surface area contributed by atoms with E-state index in [-0.39, 0.29) is 11.7 Å². The Labute approximate surface area is 117 Å². The van der Waals surface area contributed by atoms with Crippen LogP contribution in [-0.4, -0.2) is 11.6 Å². The molecule has 2 aromatic rings. The Balaban J connectivity index is 2.76. The summed E-state index contributed by atoms with van der Waals surface area (Å²) in [4.78, 5) is 4.44. The number of pyridine rings is 1. The number of hydrogen-bond acceptors (Lipinski definition) is 2. The fraction of sp³-hybridized carbons (Fsp3) is 0.400. The zero-order valence-electron chi connectivity index (χ0n) is 11.6. The van der Waals surface area contributed by atoms with Gasteiger partial charge in [-0.15, -0.1) is 0 Å². The molecule has 2 rings (SSSR count). The van der Waals surface area contributed by atoms with Crippen molar-refractivity contribution in [3.8, 4) is 5.75 Å². The van der Waals surface area contributed by atoms with Gasteiger partial charge in [0.1, 0.15) is 0 Å². The number of fused-ring (bicyclic) bond motifs is 1. The minimum atomic E-state index is -0.408. The van der Waals surface area contributed by atoms with Crippen molar-refractivity contribution < 1.29 is 9.13 Å². The summed E-state index contributed by atoms with van der Waals surface area (Å²) in [6.45, 7) is 8.26. The quantitative estimate of drug-likeness (QED) is 0.802. The molecule has 4 heteroatoms. The molecule has 0 saturated heterocycles. The highest BCUT2D eigenvalue weighted by Gasteiger charge is 2.16. The van der Waals surface area contributed by atoms with Gasteiger partial charge in [-0.2, -0.15) is 0 Å². The average Bonchev–Trinajstić information content (AvgIpc) is 2.31. The lowest BCUT2D eigenvalue weighted by Crippen LogP contribution is -2.00. The number of aryl methyl sites for hydroxylation is 1. The van der Waals surface area contributed by atoms with Gasteiger partial charge in [-0.1, -0.05) is 25.4 Å². The number of hydrogen-bond donors (Lipinski definition) is 0. The smallest absolute Gasteiger partial charge is 0.167 e. The lowest BCUT2D eigenvalue weighted by atomic mass is 9.99. The lowest BCUT2D eigenvalue weighted by molar-refractivity contribution is 0.322. The van der Waals surface area contributed by atoms with Crippen molar-refractivity contribution in [2.24, 2.45) is 0 Å². The molecule has 0 saturated carbocycles. The van der Waals surface area contributed by atoms with Gasteiger partial charge in [0, 0.05) is 17.1 Å². The van der Waals surface area contributed by atoms with Crippen molar-refractivity contribution in [1.82, 2.24) is 4.98 Å². The van der Waals surface area contributed by atoms with Crippen molar-refractivity contribution in [2.75, 3.05) is 6.61 Å². The summed E-state index contributed by atoms with van der Waals surface area (Å²) in [5.41, 5.74) is 2.41. The topological polar surface area (TPSA) is 22.1 Å². The summed E-state index contributed by atoms with van der Waals surface area (Å²) in [5.74, 6) is 0.0804. The Hall–Kier alpha value is -1.35. The molecule has 1 aromatic heterocycles. The van der Waals surface area contributed by atoms with Gasteiger partial charge in [-0.25, -0.2) is 4.39 Å². The average molecular weight is 282 g/mol. The molecular weight excluding hydrogens is 265 g/mol. The van der Waals surface area contributed by atoms with Gasteiger partial charge in [-0.05, 0) is 31.4 Å². The van der Waals surface area contributed by atoms with E-state index in [1.165, 1.54) is 6.07 Å². The SMILES string of the molecule is CCOc1cc2c(Cl)c(C(C)C)c(C)nc2cc1F. The minimum Gasteiger partial charge on any atom is -0.491 e. The first-order valence-electron chi connectivity index (χ1n) is 6.37. The molecule has 0 atom stereocenters. The van der Waals surface area contributed by atoms with Crippen molar-refractivity contribution in [3.05, 3.63) is 34.2 Å². The van der Waals surface area contributed by atoms with Crippen molar-refractivity contribution in [1.29, 1.82) is 0 Å². The van der Waals surface area contributed by atoms with Crippen LogP contribution >= 0.6 is 11.6 Å². The molecule has 0 bridgehead atoms. The van der Waals surface area contributed by atoms with Crippen LogP contribution in [0.1, 0.15) is 37.9 Å². The molecule has 0 unspecified atom stereocenters. The molecule has 0 aliphatic rings. The molecule has 0 amide bonds. The van der Waals surface area contributed by atoms with E-state index in [2.05, 4.69) is 18.8 Å². The van der Waals surface area contributed by atoms with E-state index >= 15 is 0 Å². The number of aromatic nitrogens is 1. The summed E-state index contributed by atoms with van der Waals surface area (Å²) < 4.78 is 19.1. The zero-order chi connectivity index (χ0) is 14.2. The Kier molecular flexibility index (Phi) is 3.95. The summed E-state index contributed by atoms with van der Waals surface area (Å²) in [6, 6.07) is 3.01. The highest BCUT2D eigenvalue weighted by Crippen LogP contribution is 2.35.